The Morgan fingerprint density at radius 1 is 1.07 bits per heavy atom. The first-order chi connectivity index (χ1) is 14.2. The lowest BCUT2D eigenvalue weighted by Crippen LogP contribution is -2.44. The van der Waals surface area contributed by atoms with E-state index < -0.39 is 0 Å². The average Bonchev–Trinajstić information content (AvgIpc) is 3.26. The molecule has 0 aliphatic carbocycles. The molecule has 1 atom stereocenters. The van der Waals surface area contributed by atoms with E-state index >= 15 is 0 Å². The van der Waals surface area contributed by atoms with E-state index in [1.54, 1.807) is 12.4 Å². The van der Waals surface area contributed by atoms with Gasteiger partial charge in [-0.25, -0.2) is 0 Å². The number of piperazine rings is 1. The van der Waals surface area contributed by atoms with Crippen molar-refractivity contribution in [2.45, 2.75) is 5.92 Å². The zero-order valence-electron chi connectivity index (χ0n) is 16.6. The molecule has 3 heterocycles. The normalized spacial score (nSPS) is 15.8. The van der Waals surface area contributed by atoms with E-state index in [4.69, 9.17) is 4.74 Å². The van der Waals surface area contributed by atoms with Crippen molar-refractivity contribution in [2.75, 3.05) is 44.7 Å². The Morgan fingerprint density at radius 3 is 2.48 bits per heavy atom. The molecule has 29 heavy (non-hydrogen) atoms. The lowest BCUT2D eigenvalue weighted by atomic mass is 9.93. The van der Waals surface area contributed by atoms with Crippen molar-refractivity contribution in [3.8, 4) is 11.3 Å². The number of benzene rings is 1. The van der Waals surface area contributed by atoms with Crippen LogP contribution in [0.1, 0.15) is 17.0 Å². The van der Waals surface area contributed by atoms with Crippen LogP contribution in [0.15, 0.2) is 61.1 Å². The number of pyridine rings is 1. The first-order valence-electron chi connectivity index (χ1n) is 9.92. The minimum atomic E-state index is -0.0198. The van der Waals surface area contributed by atoms with Gasteiger partial charge in [0, 0.05) is 67.6 Å². The number of hydrogen-bond acceptors (Lipinski definition) is 5. The van der Waals surface area contributed by atoms with Crippen LogP contribution in [-0.4, -0.2) is 61.2 Å². The number of nitrogens with one attached hydrogen (secondary N) is 1. The quantitative estimate of drug-likeness (QED) is 0.628. The number of hydrogen-bond donors (Lipinski definition) is 1. The molecule has 2 aromatic heterocycles. The molecule has 1 N–H and O–H groups in total. The number of anilines is 1. The molecule has 1 aliphatic heterocycles. The number of aromatic nitrogens is 2. The molecule has 1 aromatic carbocycles. The number of carbonyl (C=O) groups excluding carboxylic acids is 1. The summed E-state index contributed by atoms with van der Waals surface area (Å²) in [6.07, 6.45) is 5.54. The van der Waals surface area contributed by atoms with Gasteiger partial charge in [-0.2, -0.15) is 0 Å². The van der Waals surface area contributed by atoms with Gasteiger partial charge < -0.3 is 19.5 Å². The average molecular weight is 390 g/mol. The zero-order chi connectivity index (χ0) is 20.1. The van der Waals surface area contributed by atoms with Gasteiger partial charge in [0.1, 0.15) is 6.61 Å². The second-order valence-corrected chi connectivity index (χ2v) is 7.45. The van der Waals surface area contributed by atoms with Crippen molar-refractivity contribution in [3.05, 3.63) is 72.2 Å². The molecule has 1 aliphatic rings. The predicted octanol–water partition coefficient (Wildman–Crippen LogP) is 3.13. The summed E-state index contributed by atoms with van der Waals surface area (Å²) in [5.74, 6) is -0.0198. The molecule has 0 spiro atoms. The lowest BCUT2D eigenvalue weighted by molar-refractivity contribution is -0.128. The van der Waals surface area contributed by atoms with E-state index in [-0.39, 0.29) is 5.92 Å². The molecule has 0 bridgehead atoms. The highest BCUT2D eigenvalue weighted by atomic mass is 16.5. The minimum Gasteiger partial charge on any atom is -0.467 e. The van der Waals surface area contributed by atoms with Crippen LogP contribution in [0.25, 0.3) is 11.3 Å². The Balaban J connectivity index is 1.55. The maximum Gasteiger partial charge on any atom is 0.293 e. The topological polar surface area (TPSA) is 61.5 Å². The number of carbonyl (C=O) groups is 1. The molecule has 1 saturated heterocycles. The number of likely N-dealkylation sites (N-methyl/N-ethyl adjacent to an activating group) is 1. The van der Waals surface area contributed by atoms with Crippen molar-refractivity contribution in [1.82, 2.24) is 14.9 Å². The number of rotatable bonds is 7. The van der Waals surface area contributed by atoms with Crippen LogP contribution < -0.4 is 4.90 Å². The zero-order valence-corrected chi connectivity index (χ0v) is 16.6. The summed E-state index contributed by atoms with van der Waals surface area (Å²) < 4.78 is 5.16. The van der Waals surface area contributed by atoms with E-state index in [1.165, 1.54) is 5.69 Å². The van der Waals surface area contributed by atoms with Crippen molar-refractivity contribution in [3.63, 3.8) is 0 Å². The van der Waals surface area contributed by atoms with Crippen LogP contribution in [0.3, 0.4) is 0 Å². The highest BCUT2D eigenvalue weighted by Crippen LogP contribution is 2.30. The number of aromatic amines is 1. The summed E-state index contributed by atoms with van der Waals surface area (Å²) in [6, 6.07) is 14.7. The summed E-state index contributed by atoms with van der Waals surface area (Å²) in [7, 11) is 2.16. The van der Waals surface area contributed by atoms with Gasteiger partial charge in [-0.1, -0.05) is 12.1 Å². The predicted molar refractivity (Wildman–Crippen MR) is 114 cm³/mol. The van der Waals surface area contributed by atoms with Crippen molar-refractivity contribution in [2.24, 2.45) is 0 Å². The van der Waals surface area contributed by atoms with E-state index in [9.17, 15) is 4.79 Å². The summed E-state index contributed by atoms with van der Waals surface area (Å²) in [4.78, 5) is 23.0. The molecule has 0 amide bonds. The summed E-state index contributed by atoms with van der Waals surface area (Å²) in [5, 5.41) is 0. The van der Waals surface area contributed by atoms with Gasteiger partial charge in [0.25, 0.3) is 6.47 Å². The van der Waals surface area contributed by atoms with E-state index in [0.717, 1.165) is 48.6 Å². The Kier molecular flexibility index (Phi) is 5.91. The van der Waals surface area contributed by atoms with Crippen LogP contribution in [0.4, 0.5) is 5.69 Å². The van der Waals surface area contributed by atoms with Gasteiger partial charge in [0.2, 0.25) is 0 Å². The first-order valence-corrected chi connectivity index (χ1v) is 9.92. The summed E-state index contributed by atoms with van der Waals surface area (Å²) in [6.45, 7) is 5.08. The fraction of sp³-hybridized carbons (Fsp3) is 0.304. The molecular formula is C23H26N4O2. The Bertz CT molecular complexity index is 916. The molecule has 1 unspecified atom stereocenters. The monoisotopic (exact) mass is 390 g/mol. The molecule has 6 nitrogen and oxygen atoms in total. The van der Waals surface area contributed by atoms with Gasteiger partial charge in [0.15, 0.2) is 0 Å². The molecule has 150 valence electrons. The fourth-order valence-electron chi connectivity index (χ4n) is 3.81. The second kappa shape index (κ2) is 8.92. The first kappa shape index (κ1) is 19.2. The van der Waals surface area contributed by atoms with Crippen LogP contribution in [0, 0.1) is 0 Å². The lowest BCUT2D eigenvalue weighted by Gasteiger charge is -2.34. The third-order valence-electron chi connectivity index (χ3n) is 5.59. The van der Waals surface area contributed by atoms with Gasteiger partial charge in [0.05, 0.1) is 0 Å². The van der Waals surface area contributed by atoms with Gasteiger partial charge in [-0.15, -0.1) is 0 Å². The van der Waals surface area contributed by atoms with Crippen LogP contribution in [0.5, 0.6) is 0 Å². The smallest absolute Gasteiger partial charge is 0.293 e. The van der Waals surface area contributed by atoms with Gasteiger partial charge in [-0.3, -0.25) is 9.78 Å². The third kappa shape index (κ3) is 4.49. The summed E-state index contributed by atoms with van der Waals surface area (Å²) >= 11 is 0. The van der Waals surface area contributed by atoms with Gasteiger partial charge >= 0.3 is 0 Å². The number of ether oxygens (including phenoxy) is 1. The highest BCUT2D eigenvalue weighted by molar-refractivity contribution is 5.60. The van der Waals surface area contributed by atoms with Gasteiger partial charge in [-0.05, 0) is 48.5 Å². The van der Waals surface area contributed by atoms with Crippen LogP contribution in [-0.2, 0) is 9.53 Å². The molecule has 4 rings (SSSR count). The standard InChI is InChI=1S/C23H26N4O2/c1-26-10-12-27(13-11-26)21-4-2-18(3-5-21)22(16-29-17-28)20-14-23(25-15-20)19-6-8-24-9-7-19/h2-9,14-15,17,22,25H,10-13,16H2,1H3. The Hall–Kier alpha value is -3.12. The Morgan fingerprint density at radius 2 is 1.79 bits per heavy atom. The molecular weight excluding hydrogens is 364 g/mol. The Labute approximate surface area is 171 Å². The minimum absolute atomic E-state index is 0.0198. The van der Waals surface area contributed by atoms with Crippen LogP contribution >= 0.6 is 0 Å². The second-order valence-electron chi connectivity index (χ2n) is 7.45. The number of nitrogens with zero attached hydrogens (tertiary/aromatic N) is 3. The largest absolute Gasteiger partial charge is 0.467 e. The maximum absolute atomic E-state index is 10.8. The molecule has 1 fully saturated rings. The maximum atomic E-state index is 10.8. The van der Waals surface area contributed by atoms with Crippen molar-refractivity contribution >= 4 is 12.2 Å². The molecule has 6 heteroatoms. The van der Waals surface area contributed by atoms with Crippen LogP contribution in [0.2, 0.25) is 0 Å². The summed E-state index contributed by atoms with van der Waals surface area (Å²) in [5.41, 5.74) is 5.55. The van der Waals surface area contributed by atoms with E-state index in [2.05, 4.69) is 57.1 Å². The van der Waals surface area contributed by atoms with Crippen molar-refractivity contribution in [1.29, 1.82) is 0 Å². The molecule has 0 saturated carbocycles. The van der Waals surface area contributed by atoms with Crippen molar-refractivity contribution < 1.29 is 9.53 Å². The van der Waals surface area contributed by atoms with E-state index in [0.29, 0.717) is 13.1 Å². The molecule has 0 radical (unpaired) electrons. The third-order valence-corrected chi connectivity index (χ3v) is 5.59. The highest BCUT2D eigenvalue weighted by Gasteiger charge is 2.19. The van der Waals surface area contributed by atoms with E-state index in [1.807, 2.05) is 18.3 Å². The molecule has 3 aromatic rings. The number of H-pyrrole nitrogens is 1. The SMILES string of the molecule is CN1CCN(c2ccc(C(COC=O)c3c[nH]c(-c4ccncc4)c3)cc2)CC1. The fourth-order valence-corrected chi connectivity index (χ4v) is 3.81.